The molecule has 6 nitrogen and oxygen atoms in total. The lowest BCUT2D eigenvalue weighted by molar-refractivity contribution is 0.432. The van der Waals surface area contributed by atoms with Gasteiger partial charge in [-0.3, -0.25) is 4.68 Å². The van der Waals surface area contributed by atoms with Crippen LogP contribution < -0.4 is 5.73 Å². The highest BCUT2D eigenvalue weighted by molar-refractivity contribution is 5.68. The third kappa shape index (κ3) is 1.93. The van der Waals surface area contributed by atoms with Crippen molar-refractivity contribution in [3.8, 4) is 22.8 Å². The Morgan fingerprint density at radius 3 is 2.80 bits per heavy atom. The number of anilines is 1. The first-order valence-electron chi connectivity index (χ1n) is 5.94. The van der Waals surface area contributed by atoms with E-state index in [9.17, 15) is 4.39 Å². The third-order valence-corrected chi connectivity index (χ3v) is 3.07. The quantitative estimate of drug-likeness (QED) is 0.773. The average molecular weight is 273 g/mol. The molecule has 1 aromatic carbocycles. The van der Waals surface area contributed by atoms with Crippen LogP contribution in [-0.2, 0) is 7.05 Å². The molecular weight excluding hydrogens is 261 g/mol. The summed E-state index contributed by atoms with van der Waals surface area (Å²) in [4.78, 5) is 4.22. The molecule has 0 aliphatic carbocycles. The van der Waals surface area contributed by atoms with Crippen molar-refractivity contribution in [3.63, 3.8) is 0 Å². The molecule has 0 bridgehead atoms. The second-order valence-electron chi connectivity index (χ2n) is 4.45. The summed E-state index contributed by atoms with van der Waals surface area (Å²) < 4.78 is 20.2. The zero-order valence-electron chi connectivity index (χ0n) is 11.0. The highest BCUT2D eigenvalue weighted by atomic mass is 19.1. The second kappa shape index (κ2) is 4.44. The van der Waals surface area contributed by atoms with Gasteiger partial charge in [-0.1, -0.05) is 17.3 Å². The lowest BCUT2D eigenvalue weighted by atomic mass is 10.1. The fourth-order valence-electron chi connectivity index (χ4n) is 1.79. The Morgan fingerprint density at radius 1 is 1.35 bits per heavy atom. The van der Waals surface area contributed by atoms with E-state index in [-0.39, 0.29) is 11.7 Å². The molecule has 0 unspecified atom stereocenters. The highest BCUT2D eigenvalue weighted by Gasteiger charge is 2.16. The molecule has 0 saturated carbocycles. The standard InChI is InChI=1S/C13H12FN5O/c1-7-3-4-8(5-10(7)14)12-17-13(20-18-12)9-6-16-19(2)11(9)15/h3-6H,15H2,1-2H3. The maximum atomic E-state index is 13.5. The molecular formula is C13H12FN5O. The van der Waals surface area contributed by atoms with Crippen LogP contribution in [-0.4, -0.2) is 19.9 Å². The van der Waals surface area contributed by atoms with E-state index in [1.807, 2.05) is 0 Å². The molecule has 0 radical (unpaired) electrons. The van der Waals surface area contributed by atoms with E-state index in [0.717, 1.165) is 0 Å². The number of nitrogens with two attached hydrogens (primary N) is 1. The van der Waals surface area contributed by atoms with Gasteiger partial charge in [-0.15, -0.1) is 0 Å². The van der Waals surface area contributed by atoms with Gasteiger partial charge in [0, 0.05) is 12.6 Å². The molecule has 2 heterocycles. The number of benzene rings is 1. The molecule has 0 aliphatic rings. The van der Waals surface area contributed by atoms with Gasteiger partial charge in [-0.2, -0.15) is 10.1 Å². The van der Waals surface area contributed by atoms with E-state index in [1.165, 1.54) is 10.7 Å². The monoisotopic (exact) mass is 273 g/mol. The number of aromatic nitrogens is 4. The van der Waals surface area contributed by atoms with Crippen LogP contribution >= 0.6 is 0 Å². The van der Waals surface area contributed by atoms with E-state index >= 15 is 0 Å². The number of rotatable bonds is 2. The number of hydrogen-bond acceptors (Lipinski definition) is 5. The minimum absolute atomic E-state index is 0.256. The minimum Gasteiger partial charge on any atom is -0.383 e. The molecule has 7 heteroatoms. The van der Waals surface area contributed by atoms with Gasteiger partial charge in [-0.25, -0.2) is 4.39 Å². The first-order chi connectivity index (χ1) is 9.56. The molecule has 0 aliphatic heterocycles. The zero-order chi connectivity index (χ0) is 14.3. The van der Waals surface area contributed by atoms with Crippen molar-refractivity contribution in [2.75, 3.05) is 5.73 Å². The summed E-state index contributed by atoms with van der Waals surface area (Å²) in [7, 11) is 1.71. The van der Waals surface area contributed by atoms with Crippen molar-refractivity contribution in [3.05, 3.63) is 35.8 Å². The van der Waals surface area contributed by atoms with E-state index < -0.39 is 0 Å². The van der Waals surface area contributed by atoms with Crippen molar-refractivity contribution in [2.24, 2.45) is 7.05 Å². The summed E-state index contributed by atoms with van der Waals surface area (Å²) in [5.74, 6) is 0.679. The Kier molecular flexibility index (Phi) is 2.74. The van der Waals surface area contributed by atoms with E-state index in [2.05, 4.69) is 15.2 Å². The van der Waals surface area contributed by atoms with Gasteiger partial charge < -0.3 is 10.3 Å². The summed E-state index contributed by atoms with van der Waals surface area (Å²) in [6.07, 6.45) is 1.54. The first kappa shape index (κ1) is 12.3. The smallest absolute Gasteiger partial charge is 0.263 e. The second-order valence-corrected chi connectivity index (χ2v) is 4.45. The Hall–Kier alpha value is -2.70. The fourth-order valence-corrected chi connectivity index (χ4v) is 1.79. The maximum absolute atomic E-state index is 13.5. The molecule has 102 valence electrons. The van der Waals surface area contributed by atoms with Gasteiger partial charge in [0.2, 0.25) is 5.82 Å². The Bertz CT molecular complexity index is 777. The Balaban J connectivity index is 2.01. The van der Waals surface area contributed by atoms with Gasteiger partial charge in [-0.05, 0) is 18.6 Å². The van der Waals surface area contributed by atoms with E-state index in [4.69, 9.17) is 10.3 Å². The molecule has 0 fully saturated rings. The van der Waals surface area contributed by atoms with Crippen LogP contribution in [0.25, 0.3) is 22.8 Å². The Morgan fingerprint density at radius 2 is 2.15 bits per heavy atom. The van der Waals surface area contributed by atoms with E-state index in [1.54, 1.807) is 32.3 Å². The van der Waals surface area contributed by atoms with Crippen LogP contribution in [0.5, 0.6) is 0 Å². The normalized spacial score (nSPS) is 10.9. The number of nitrogens with zero attached hydrogens (tertiary/aromatic N) is 4. The molecule has 0 atom stereocenters. The first-order valence-corrected chi connectivity index (χ1v) is 5.94. The Labute approximate surface area is 114 Å². The predicted octanol–water partition coefficient (Wildman–Crippen LogP) is 2.17. The van der Waals surface area contributed by atoms with Crippen LogP contribution in [0.4, 0.5) is 10.2 Å². The molecule has 0 saturated heterocycles. The fraction of sp³-hybridized carbons (Fsp3) is 0.154. The number of aryl methyl sites for hydroxylation is 2. The van der Waals surface area contributed by atoms with E-state index in [0.29, 0.717) is 28.3 Å². The van der Waals surface area contributed by atoms with Gasteiger partial charge in [0.1, 0.15) is 17.2 Å². The number of halogens is 1. The highest BCUT2D eigenvalue weighted by Crippen LogP contribution is 2.26. The van der Waals surface area contributed by atoms with Gasteiger partial charge >= 0.3 is 0 Å². The van der Waals surface area contributed by atoms with Crippen molar-refractivity contribution in [1.82, 2.24) is 19.9 Å². The SMILES string of the molecule is Cc1ccc(-c2noc(-c3cnn(C)c3N)n2)cc1F. The molecule has 0 amide bonds. The van der Waals surface area contributed by atoms with Crippen LogP contribution in [0.3, 0.4) is 0 Å². The van der Waals surface area contributed by atoms with Gasteiger partial charge in [0.05, 0.1) is 6.20 Å². The van der Waals surface area contributed by atoms with Gasteiger partial charge in [0.15, 0.2) is 0 Å². The molecule has 20 heavy (non-hydrogen) atoms. The summed E-state index contributed by atoms with van der Waals surface area (Å²) >= 11 is 0. The summed E-state index contributed by atoms with van der Waals surface area (Å²) in [6, 6.07) is 4.77. The molecule has 3 rings (SSSR count). The summed E-state index contributed by atoms with van der Waals surface area (Å²) in [6.45, 7) is 1.69. The summed E-state index contributed by atoms with van der Waals surface area (Å²) in [5.41, 5.74) is 7.50. The lowest BCUT2D eigenvalue weighted by Gasteiger charge is -1.97. The van der Waals surface area contributed by atoms with Crippen molar-refractivity contribution in [1.29, 1.82) is 0 Å². The van der Waals surface area contributed by atoms with Crippen LogP contribution in [0, 0.1) is 12.7 Å². The van der Waals surface area contributed by atoms with Crippen molar-refractivity contribution >= 4 is 5.82 Å². The molecule has 0 spiro atoms. The van der Waals surface area contributed by atoms with Crippen LogP contribution in [0.15, 0.2) is 28.9 Å². The number of hydrogen-bond donors (Lipinski definition) is 1. The molecule has 2 N–H and O–H groups in total. The molecule has 3 aromatic rings. The number of nitrogen functional groups attached to an aromatic ring is 1. The van der Waals surface area contributed by atoms with Crippen molar-refractivity contribution < 1.29 is 8.91 Å². The summed E-state index contributed by atoms with van der Waals surface area (Å²) in [5, 5.41) is 7.84. The average Bonchev–Trinajstić information content (AvgIpc) is 3.02. The largest absolute Gasteiger partial charge is 0.383 e. The topological polar surface area (TPSA) is 82.8 Å². The van der Waals surface area contributed by atoms with Crippen molar-refractivity contribution in [2.45, 2.75) is 6.92 Å². The molecule has 2 aromatic heterocycles. The van der Waals surface area contributed by atoms with Crippen LogP contribution in [0.1, 0.15) is 5.56 Å². The minimum atomic E-state index is -0.310. The zero-order valence-corrected chi connectivity index (χ0v) is 11.0. The predicted molar refractivity (Wildman–Crippen MR) is 71.0 cm³/mol. The van der Waals surface area contributed by atoms with Gasteiger partial charge in [0.25, 0.3) is 5.89 Å². The van der Waals surface area contributed by atoms with Crippen LogP contribution in [0.2, 0.25) is 0 Å². The maximum Gasteiger partial charge on any atom is 0.263 e. The third-order valence-electron chi connectivity index (χ3n) is 3.07. The lowest BCUT2D eigenvalue weighted by Crippen LogP contribution is -1.98.